The first-order valence-corrected chi connectivity index (χ1v) is 7.05. The van der Waals surface area contributed by atoms with Crippen molar-refractivity contribution in [2.24, 2.45) is 0 Å². The Labute approximate surface area is 105 Å². The summed E-state index contributed by atoms with van der Waals surface area (Å²) in [6.45, 7) is -0.540. The van der Waals surface area contributed by atoms with Gasteiger partial charge in [0.1, 0.15) is 12.2 Å². The molecule has 96 valence electrons. The van der Waals surface area contributed by atoms with Crippen LogP contribution in [0, 0.1) is 0 Å². The van der Waals surface area contributed by atoms with Crippen LogP contribution in [-0.2, 0) is 4.74 Å². The van der Waals surface area contributed by atoms with Crippen molar-refractivity contribution >= 4 is 34.8 Å². The number of halogens is 2. The first kappa shape index (κ1) is 12.8. The van der Waals surface area contributed by atoms with Crippen molar-refractivity contribution in [1.29, 1.82) is 0 Å². The number of urea groups is 1. The number of carbonyl (C=O) groups excluding carboxylic acids is 2. The molecule has 2 aliphatic heterocycles. The number of rotatable bonds is 2. The molecule has 4 atom stereocenters. The summed E-state index contributed by atoms with van der Waals surface area (Å²) in [5, 5.41) is 20.3. The van der Waals surface area contributed by atoms with Crippen LogP contribution in [0.15, 0.2) is 0 Å². The molecule has 2 rings (SSSR count). The maximum Gasteiger partial charge on any atom is 0.331 e. The smallest absolute Gasteiger partial charge is 0.331 e. The van der Waals surface area contributed by atoms with Crippen LogP contribution in [-0.4, -0.2) is 60.4 Å². The Kier molecular flexibility index (Phi) is 3.70. The lowest BCUT2D eigenvalue weighted by Gasteiger charge is -2.27. The van der Waals surface area contributed by atoms with Crippen LogP contribution in [0.4, 0.5) is 14.0 Å². The fourth-order valence-electron chi connectivity index (χ4n) is 1.57. The summed E-state index contributed by atoms with van der Waals surface area (Å²) in [6, 6.07) is -0.778. The zero-order valence-corrected chi connectivity index (χ0v) is 10.6. The fourth-order valence-corrected chi connectivity index (χ4v) is 3.08. The van der Waals surface area contributed by atoms with Crippen molar-refractivity contribution in [2.75, 3.05) is 6.61 Å². The van der Waals surface area contributed by atoms with Crippen LogP contribution in [0.3, 0.4) is 0 Å². The number of carbonyl (C=O) groups is 2. The van der Waals surface area contributed by atoms with Crippen LogP contribution >= 0.6 is 20.7 Å². The molecule has 17 heavy (non-hydrogen) atoms. The highest BCUT2D eigenvalue weighted by Crippen LogP contribution is 2.27. The van der Waals surface area contributed by atoms with Crippen molar-refractivity contribution in [1.82, 2.24) is 10.2 Å². The topological polar surface area (TPSA) is 99.1 Å². The molecule has 3 N–H and O–H groups in total. The molecule has 0 spiro atoms. The van der Waals surface area contributed by atoms with Crippen molar-refractivity contribution in [3.8, 4) is 0 Å². The van der Waals surface area contributed by atoms with E-state index in [0.29, 0.717) is 0 Å². The van der Waals surface area contributed by atoms with Crippen molar-refractivity contribution in [3.05, 3.63) is 0 Å². The van der Waals surface area contributed by atoms with Crippen LogP contribution in [0.25, 0.3) is 0 Å². The number of hydrogen-bond acceptors (Lipinski definition) is 5. The lowest BCUT2D eigenvalue weighted by molar-refractivity contribution is -0.0504. The van der Waals surface area contributed by atoms with Gasteiger partial charge >= 0.3 is 6.03 Å². The normalized spacial score (nSPS) is 37.9. The molecule has 7 nitrogen and oxygen atoms in total. The highest BCUT2D eigenvalue weighted by molar-refractivity contribution is 14.2. The third-order valence-corrected chi connectivity index (χ3v) is 4.15. The summed E-state index contributed by atoms with van der Waals surface area (Å²) < 4.78 is 19.7. The molecule has 3 amide bonds. The van der Waals surface area contributed by atoms with Gasteiger partial charge < -0.3 is 14.9 Å². The van der Waals surface area contributed by atoms with Gasteiger partial charge in [-0.15, -0.1) is 0 Å². The van der Waals surface area contributed by atoms with Crippen molar-refractivity contribution < 1.29 is 28.9 Å². The summed E-state index contributed by atoms with van der Waals surface area (Å²) >= 11 is -1.05. The fraction of sp³-hybridized carbons (Fsp3) is 0.625. The molecule has 0 aromatic carbocycles. The summed E-state index contributed by atoms with van der Waals surface area (Å²) in [7, 11) is 0. The molecular weight excluding hydrogens is 350 g/mol. The summed E-state index contributed by atoms with van der Waals surface area (Å²) in [5.41, 5.74) is 0. The highest BCUT2D eigenvalue weighted by Gasteiger charge is 2.48. The maximum absolute atomic E-state index is 13.7. The van der Waals surface area contributed by atoms with Crippen LogP contribution in [0.1, 0.15) is 0 Å². The molecule has 2 aliphatic rings. The Bertz CT molecular complexity index is 379. The van der Waals surface area contributed by atoms with Gasteiger partial charge in [-0.25, -0.2) is 9.18 Å². The number of aliphatic hydroxyl groups excluding tert-OH is 2. The quantitative estimate of drug-likeness (QED) is 0.343. The first-order valence-electron chi connectivity index (χ1n) is 4.73. The zero-order valence-electron chi connectivity index (χ0n) is 8.42. The Balaban J connectivity index is 2.16. The van der Waals surface area contributed by atoms with Gasteiger partial charge in [-0.2, -0.15) is 0 Å². The monoisotopic (exact) mass is 360 g/mol. The van der Waals surface area contributed by atoms with Crippen molar-refractivity contribution in [3.63, 3.8) is 0 Å². The number of ether oxygens (including phenoxy) is 1. The number of nitrogens with one attached hydrogen (secondary N) is 1. The molecule has 0 bridgehead atoms. The molecular formula is C8H10FIN2O5. The summed E-state index contributed by atoms with van der Waals surface area (Å²) in [4.78, 5) is 23.3. The summed E-state index contributed by atoms with van der Waals surface area (Å²) in [6.07, 6.45) is -5.66. The lowest BCUT2D eigenvalue weighted by atomic mass is 10.1. The van der Waals surface area contributed by atoms with E-state index in [1.165, 1.54) is 4.14 Å². The summed E-state index contributed by atoms with van der Waals surface area (Å²) in [5.74, 6) is 0. The third-order valence-electron chi connectivity index (χ3n) is 2.44. The number of nitrogens with zero attached hydrogens (tertiary/aromatic N) is 1. The number of amides is 3. The van der Waals surface area contributed by atoms with Gasteiger partial charge in [-0.05, 0) is 0 Å². The van der Waals surface area contributed by atoms with Crippen LogP contribution in [0.5, 0.6) is 0 Å². The van der Waals surface area contributed by atoms with Gasteiger partial charge in [0.2, 0.25) is 0 Å². The molecule has 0 saturated carbocycles. The van der Waals surface area contributed by atoms with E-state index >= 15 is 0 Å². The Morgan fingerprint density at radius 2 is 2.29 bits per heavy atom. The molecule has 0 aliphatic carbocycles. The highest BCUT2D eigenvalue weighted by atomic mass is 127. The molecule has 1 saturated heterocycles. The van der Waals surface area contributed by atoms with E-state index in [-0.39, 0.29) is 3.91 Å². The van der Waals surface area contributed by atoms with E-state index in [1.807, 2.05) is 5.32 Å². The maximum atomic E-state index is 13.7. The Hall–Kier alpha value is -0.650. The number of hydrogen-bond donors (Lipinski definition) is 3. The van der Waals surface area contributed by atoms with E-state index in [1.54, 1.807) is 0 Å². The predicted octanol–water partition coefficient (Wildman–Crippen LogP) is -0.722. The van der Waals surface area contributed by atoms with E-state index in [4.69, 9.17) is 9.84 Å². The number of imide groups is 1. The average Bonchev–Trinajstić information content (AvgIpc) is 2.57. The molecule has 0 aromatic heterocycles. The van der Waals surface area contributed by atoms with Crippen molar-refractivity contribution in [2.45, 2.75) is 24.6 Å². The van der Waals surface area contributed by atoms with Gasteiger partial charge in [0, 0.05) is 24.9 Å². The molecule has 2 heterocycles. The second-order valence-corrected chi connectivity index (χ2v) is 5.66. The van der Waals surface area contributed by atoms with Gasteiger partial charge in [0.25, 0.3) is 3.91 Å². The Morgan fingerprint density at radius 1 is 1.59 bits per heavy atom. The standard InChI is InChI=1S/C8H10FIN2O5/c9-4-5(14)3(1-13)17-6(4)12-2-10-7(15)11-8(12)16/h2-6,13-14H,1H2,(H,11,15,16)/t3-,4+,5-,6-/m1/s1. The first-order chi connectivity index (χ1) is 8.04. The minimum Gasteiger partial charge on any atom is -0.394 e. The minimum absolute atomic E-state index is 0.377. The Morgan fingerprint density at radius 3 is 2.82 bits per heavy atom. The largest absolute Gasteiger partial charge is 0.394 e. The van der Waals surface area contributed by atoms with Gasteiger partial charge in [-0.1, -0.05) is 0 Å². The minimum atomic E-state index is -1.81. The second kappa shape index (κ2) is 4.92. The molecule has 9 heteroatoms. The van der Waals surface area contributed by atoms with E-state index < -0.39 is 58.0 Å². The molecule has 1 fully saturated rings. The van der Waals surface area contributed by atoms with E-state index in [9.17, 15) is 19.1 Å². The second-order valence-electron chi connectivity index (χ2n) is 3.50. The van der Waals surface area contributed by atoms with Gasteiger partial charge in [-0.3, -0.25) is 15.0 Å². The number of aliphatic hydroxyl groups is 2. The van der Waals surface area contributed by atoms with E-state index in [0.717, 1.165) is 4.90 Å². The average molecular weight is 360 g/mol. The number of alkyl halides is 1. The van der Waals surface area contributed by atoms with E-state index in [2.05, 4.69) is 0 Å². The van der Waals surface area contributed by atoms with Gasteiger partial charge in [0.05, 0.1) is 6.61 Å². The van der Waals surface area contributed by atoms with Gasteiger partial charge in [0.15, 0.2) is 12.4 Å². The SMILES string of the molecule is O=C1NC(=O)N([C@@H]2O[C@H](CO)[C@@H](O)[C@@H]2F)C=I1. The molecule has 0 aromatic rings. The van der Waals surface area contributed by atoms with Crippen LogP contribution in [0.2, 0.25) is 0 Å². The predicted molar refractivity (Wildman–Crippen MR) is 62.5 cm³/mol. The van der Waals surface area contributed by atoms with Crippen LogP contribution < -0.4 is 5.32 Å². The zero-order chi connectivity index (χ0) is 12.6. The third kappa shape index (κ3) is 2.32. The molecule has 0 unspecified atom stereocenters. The lowest BCUT2D eigenvalue weighted by Crippen LogP contribution is -2.51. The molecule has 0 radical (unpaired) electrons.